The van der Waals surface area contributed by atoms with Crippen LogP contribution in [0.3, 0.4) is 0 Å². The Bertz CT molecular complexity index is 964. The van der Waals surface area contributed by atoms with Gasteiger partial charge in [0.1, 0.15) is 5.78 Å². The molecule has 5 unspecified atom stereocenters. The highest BCUT2D eigenvalue weighted by molar-refractivity contribution is 5.82. The number of ether oxygens (including phenoxy) is 2. The summed E-state index contributed by atoms with van der Waals surface area (Å²) in [5.41, 5.74) is 4.89. The van der Waals surface area contributed by atoms with Gasteiger partial charge in [-0.3, -0.25) is 4.79 Å². The van der Waals surface area contributed by atoms with E-state index in [1.54, 1.807) is 12.7 Å². The second-order valence-corrected chi connectivity index (χ2v) is 11.7. The van der Waals surface area contributed by atoms with E-state index in [4.69, 9.17) is 9.47 Å². The molecule has 0 spiro atoms. The lowest BCUT2D eigenvalue weighted by Crippen LogP contribution is -2.44. The normalized spacial score (nSPS) is 32.1. The van der Waals surface area contributed by atoms with Crippen molar-refractivity contribution >= 4 is 11.5 Å². The van der Waals surface area contributed by atoms with E-state index in [1.807, 2.05) is 0 Å². The van der Waals surface area contributed by atoms with Crippen molar-refractivity contribution in [2.24, 2.45) is 29.1 Å². The monoisotopic (exact) mass is 479 g/mol. The fourth-order valence-corrected chi connectivity index (χ4v) is 8.51. The zero-order valence-corrected chi connectivity index (χ0v) is 22.4. The van der Waals surface area contributed by atoms with Crippen LogP contribution in [0, 0.1) is 29.1 Å². The maximum absolute atomic E-state index is 12.0. The van der Waals surface area contributed by atoms with Gasteiger partial charge >= 0.3 is 0 Å². The molecule has 1 aromatic rings. The first kappa shape index (κ1) is 24.7. The molecule has 0 radical (unpaired) electrons. The minimum atomic E-state index is 0.448. The van der Waals surface area contributed by atoms with Crippen molar-refractivity contribution in [3.05, 3.63) is 29.3 Å². The summed E-state index contributed by atoms with van der Waals surface area (Å²) in [6, 6.07) is 6.35. The molecule has 5 rings (SSSR count). The topological polar surface area (TPSA) is 38.8 Å². The molecule has 5 atom stereocenters. The van der Waals surface area contributed by atoms with Crippen LogP contribution in [0.15, 0.2) is 29.3 Å². The number of hydrogen-bond donors (Lipinski definition) is 0. The minimum absolute atomic E-state index is 0.448. The standard InChI is InChI=1S/C31H45NO3/c1-5-32(6-2)23-9-14-29(30(20-23)34-4)35-18-16-22-8-13-28-27-11-7-21-19-24(33)10-12-25(21)26(27)15-17-31(22,28)3/h9,14,20,22,26-28H,5-8,10-13,15-19H2,1-4H3. The second kappa shape index (κ2) is 10.2. The molecule has 0 aromatic heterocycles. The Kier molecular flexibility index (Phi) is 7.19. The lowest BCUT2D eigenvalue weighted by Gasteiger charge is -2.52. The number of allylic oxidation sites excluding steroid dienone is 2. The van der Waals surface area contributed by atoms with Crippen molar-refractivity contribution in [3.63, 3.8) is 0 Å². The number of hydrogen-bond acceptors (Lipinski definition) is 4. The number of ketones is 1. The first-order chi connectivity index (χ1) is 17.0. The molecule has 192 valence electrons. The van der Waals surface area contributed by atoms with E-state index in [2.05, 4.69) is 43.9 Å². The largest absolute Gasteiger partial charge is 0.493 e. The van der Waals surface area contributed by atoms with E-state index in [0.717, 1.165) is 80.6 Å². The van der Waals surface area contributed by atoms with E-state index >= 15 is 0 Å². The number of fused-ring (bicyclic) bond motifs is 4. The number of carbonyl (C=O) groups excluding carboxylic acids is 1. The van der Waals surface area contributed by atoms with Gasteiger partial charge in [0, 0.05) is 37.7 Å². The van der Waals surface area contributed by atoms with Gasteiger partial charge in [-0.05, 0) is 106 Å². The number of Topliss-reactive ketones (excluding diaryl/α,β-unsaturated/α-hetero) is 1. The van der Waals surface area contributed by atoms with Crippen LogP contribution in [0.2, 0.25) is 0 Å². The molecule has 0 saturated heterocycles. The molecule has 4 aliphatic rings. The molecule has 2 saturated carbocycles. The van der Waals surface area contributed by atoms with Crippen LogP contribution < -0.4 is 14.4 Å². The van der Waals surface area contributed by atoms with Crippen molar-refractivity contribution in [2.45, 2.75) is 85.0 Å². The van der Waals surface area contributed by atoms with E-state index < -0.39 is 0 Å². The zero-order chi connectivity index (χ0) is 24.6. The van der Waals surface area contributed by atoms with Crippen molar-refractivity contribution in [1.29, 1.82) is 0 Å². The van der Waals surface area contributed by atoms with Crippen LogP contribution in [-0.2, 0) is 4.79 Å². The highest BCUT2D eigenvalue weighted by Crippen LogP contribution is 2.63. The summed E-state index contributed by atoms with van der Waals surface area (Å²) in [6.07, 6.45) is 11.7. The van der Waals surface area contributed by atoms with Crippen LogP contribution in [0.4, 0.5) is 5.69 Å². The molecule has 0 heterocycles. The maximum atomic E-state index is 12.0. The molecule has 4 heteroatoms. The summed E-state index contributed by atoms with van der Waals surface area (Å²) in [7, 11) is 1.74. The minimum Gasteiger partial charge on any atom is -0.493 e. The summed E-state index contributed by atoms with van der Waals surface area (Å²) in [5, 5.41) is 0. The fourth-order valence-electron chi connectivity index (χ4n) is 8.51. The smallest absolute Gasteiger partial charge is 0.162 e. The Balaban J connectivity index is 1.22. The summed E-state index contributed by atoms with van der Waals surface area (Å²) in [5.74, 6) is 5.39. The molecule has 4 aliphatic carbocycles. The Labute approximate surface area is 212 Å². The SMILES string of the molecule is CCN(CC)c1ccc(OCCC2CCC3C4CCC5=C(CCC(=O)C5)C4CCC23C)c(OC)c1. The third kappa shape index (κ3) is 4.51. The molecule has 0 N–H and O–H groups in total. The summed E-state index contributed by atoms with van der Waals surface area (Å²) in [4.78, 5) is 14.3. The Morgan fingerprint density at radius 2 is 1.86 bits per heavy atom. The first-order valence-corrected chi connectivity index (χ1v) is 14.3. The van der Waals surface area contributed by atoms with Crippen molar-refractivity contribution in [2.75, 3.05) is 31.7 Å². The van der Waals surface area contributed by atoms with Gasteiger partial charge in [0.15, 0.2) is 11.5 Å². The highest BCUT2D eigenvalue weighted by atomic mass is 16.5. The molecular formula is C31H45NO3. The number of anilines is 1. The number of carbonyl (C=O) groups is 1. The van der Waals surface area contributed by atoms with Crippen LogP contribution in [-0.4, -0.2) is 32.6 Å². The predicted octanol–water partition coefficient (Wildman–Crippen LogP) is 7.21. The number of benzene rings is 1. The molecule has 0 amide bonds. The van der Waals surface area contributed by atoms with E-state index in [0.29, 0.717) is 11.2 Å². The first-order valence-electron chi connectivity index (χ1n) is 14.3. The molecule has 4 nitrogen and oxygen atoms in total. The Morgan fingerprint density at radius 1 is 1.03 bits per heavy atom. The molecule has 2 fully saturated rings. The molecule has 1 aromatic carbocycles. The highest BCUT2D eigenvalue weighted by Gasteiger charge is 2.54. The third-order valence-electron chi connectivity index (χ3n) is 10.4. The summed E-state index contributed by atoms with van der Waals surface area (Å²) < 4.78 is 12.0. The number of methoxy groups -OCH3 is 1. The second-order valence-electron chi connectivity index (χ2n) is 11.7. The molecule has 0 aliphatic heterocycles. The van der Waals surface area contributed by atoms with Crippen molar-refractivity contribution < 1.29 is 14.3 Å². The van der Waals surface area contributed by atoms with Gasteiger partial charge < -0.3 is 14.4 Å². The summed E-state index contributed by atoms with van der Waals surface area (Å²) in [6.45, 7) is 9.70. The fraction of sp³-hybridized carbons (Fsp3) is 0.710. The average molecular weight is 480 g/mol. The Hall–Kier alpha value is -1.97. The summed E-state index contributed by atoms with van der Waals surface area (Å²) >= 11 is 0. The molecular weight excluding hydrogens is 434 g/mol. The van der Waals surface area contributed by atoms with Gasteiger partial charge in [-0.1, -0.05) is 18.1 Å². The van der Waals surface area contributed by atoms with E-state index in [1.165, 1.54) is 49.8 Å². The van der Waals surface area contributed by atoms with Gasteiger partial charge in [0.25, 0.3) is 0 Å². The lowest BCUT2D eigenvalue weighted by atomic mass is 9.53. The van der Waals surface area contributed by atoms with Gasteiger partial charge in [0.2, 0.25) is 0 Å². The van der Waals surface area contributed by atoms with Gasteiger partial charge in [-0.15, -0.1) is 0 Å². The lowest BCUT2D eigenvalue weighted by molar-refractivity contribution is -0.119. The van der Waals surface area contributed by atoms with Gasteiger partial charge in [-0.2, -0.15) is 0 Å². The molecule has 35 heavy (non-hydrogen) atoms. The van der Waals surface area contributed by atoms with Gasteiger partial charge in [-0.25, -0.2) is 0 Å². The molecule has 0 bridgehead atoms. The van der Waals surface area contributed by atoms with Crippen LogP contribution in [0.25, 0.3) is 0 Å². The zero-order valence-electron chi connectivity index (χ0n) is 22.4. The van der Waals surface area contributed by atoms with Crippen LogP contribution in [0.5, 0.6) is 11.5 Å². The van der Waals surface area contributed by atoms with E-state index in [9.17, 15) is 4.79 Å². The predicted molar refractivity (Wildman–Crippen MR) is 142 cm³/mol. The van der Waals surface area contributed by atoms with Crippen LogP contribution >= 0.6 is 0 Å². The Morgan fingerprint density at radius 3 is 2.63 bits per heavy atom. The van der Waals surface area contributed by atoms with Crippen molar-refractivity contribution in [1.82, 2.24) is 0 Å². The number of rotatable bonds is 8. The van der Waals surface area contributed by atoms with Gasteiger partial charge in [0.05, 0.1) is 13.7 Å². The van der Waals surface area contributed by atoms with Crippen molar-refractivity contribution in [3.8, 4) is 11.5 Å². The third-order valence-corrected chi connectivity index (χ3v) is 10.4. The number of nitrogens with zero attached hydrogens (tertiary/aromatic N) is 1. The van der Waals surface area contributed by atoms with Crippen LogP contribution in [0.1, 0.15) is 85.0 Å². The van der Waals surface area contributed by atoms with E-state index in [-0.39, 0.29) is 0 Å². The quantitative estimate of drug-likeness (QED) is 0.369. The maximum Gasteiger partial charge on any atom is 0.162 e. The average Bonchev–Trinajstić information content (AvgIpc) is 3.21.